The number of carbonyl (C=O) groups is 1. The molecule has 0 aliphatic carbocycles. The van der Waals surface area contributed by atoms with E-state index in [1.807, 2.05) is 20.8 Å². The molecule has 1 aromatic heterocycles. The summed E-state index contributed by atoms with van der Waals surface area (Å²) in [4.78, 5) is 18.8. The van der Waals surface area contributed by atoms with E-state index in [0.29, 0.717) is 5.95 Å². The minimum absolute atomic E-state index is 0.0787. The summed E-state index contributed by atoms with van der Waals surface area (Å²) in [6, 6.07) is -0.188. The largest absolute Gasteiger partial charge is 0.314 e. The molecule has 1 amide bonds. The average molecular weight is 292 g/mol. The predicted molar refractivity (Wildman–Crippen MR) is 81.1 cm³/mol. The number of rotatable bonds is 5. The summed E-state index contributed by atoms with van der Waals surface area (Å²) in [5.74, 6) is 0.223. The first-order valence-corrected chi connectivity index (χ1v) is 7.63. The first-order chi connectivity index (χ1) is 10.2. The van der Waals surface area contributed by atoms with Crippen molar-refractivity contribution in [3.63, 3.8) is 0 Å². The second kappa shape index (κ2) is 7.42. The van der Waals surface area contributed by atoms with E-state index >= 15 is 0 Å². The summed E-state index contributed by atoms with van der Waals surface area (Å²) >= 11 is 0. The smallest absolute Gasteiger partial charge is 0.249 e. The number of nitrogens with one attached hydrogen (secondary N) is 2. The average Bonchev–Trinajstić information content (AvgIpc) is 2.54. The lowest BCUT2D eigenvalue weighted by Crippen LogP contribution is -2.51. The zero-order valence-corrected chi connectivity index (χ0v) is 13.0. The van der Waals surface area contributed by atoms with Crippen LogP contribution in [-0.2, 0) is 17.6 Å². The highest BCUT2D eigenvalue weighted by Gasteiger charge is 2.23. The number of hydrogen-bond acceptors (Lipinski definition) is 6. The first kappa shape index (κ1) is 15.8. The fourth-order valence-corrected chi connectivity index (χ4v) is 2.44. The van der Waals surface area contributed by atoms with Crippen molar-refractivity contribution in [2.45, 2.75) is 39.7 Å². The quantitative estimate of drug-likeness (QED) is 0.808. The van der Waals surface area contributed by atoms with E-state index in [-0.39, 0.29) is 11.9 Å². The Balaban J connectivity index is 2.01. The molecule has 1 aliphatic rings. The fourth-order valence-electron chi connectivity index (χ4n) is 2.44. The lowest BCUT2D eigenvalue weighted by Gasteiger charge is -2.31. The van der Waals surface area contributed by atoms with E-state index in [4.69, 9.17) is 0 Å². The Morgan fingerprint density at radius 3 is 2.52 bits per heavy atom. The fraction of sp³-hybridized carbons (Fsp3) is 0.714. The van der Waals surface area contributed by atoms with Gasteiger partial charge in [0.2, 0.25) is 11.9 Å². The molecule has 0 radical (unpaired) electrons. The molecule has 2 heterocycles. The van der Waals surface area contributed by atoms with Crippen LogP contribution in [0.5, 0.6) is 0 Å². The van der Waals surface area contributed by atoms with Crippen LogP contribution in [0.25, 0.3) is 0 Å². The number of carbonyl (C=O) groups excluding carboxylic acids is 1. The van der Waals surface area contributed by atoms with E-state index in [1.54, 1.807) is 0 Å². The van der Waals surface area contributed by atoms with Crippen LogP contribution in [0.4, 0.5) is 5.95 Å². The van der Waals surface area contributed by atoms with E-state index in [2.05, 4.69) is 30.7 Å². The first-order valence-electron chi connectivity index (χ1n) is 7.63. The van der Waals surface area contributed by atoms with Crippen LogP contribution in [0.15, 0.2) is 0 Å². The molecular formula is C14H24N6O. The van der Waals surface area contributed by atoms with Gasteiger partial charge in [0, 0.05) is 26.2 Å². The minimum atomic E-state index is -0.188. The van der Waals surface area contributed by atoms with E-state index in [9.17, 15) is 4.79 Å². The maximum absolute atomic E-state index is 12.3. The minimum Gasteiger partial charge on any atom is -0.314 e. The Hall–Kier alpha value is -1.60. The zero-order chi connectivity index (χ0) is 15.2. The lowest BCUT2D eigenvalue weighted by atomic mass is 10.2. The third kappa shape index (κ3) is 3.95. The number of amides is 1. The van der Waals surface area contributed by atoms with Crippen LogP contribution in [0.3, 0.4) is 0 Å². The van der Waals surface area contributed by atoms with Crippen molar-refractivity contribution in [2.75, 3.05) is 31.5 Å². The molecule has 7 nitrogen and oxygen atoms in total. The van der Waals surface area contributed by atoms with Crippen LogP contribution < -0.4 is 10.6 Å². The third-order valence-corrected chi connectivity index (χ3v) is 3.82. The second-order valence-electron chi connectivity index (χ2n) is 5.19. The molecule has 1 atom stereocenters. The Morgan fingerprint density at radius 2 is 1.90 bits per heavy atom. The third-order valence-electron chi connectivity index (χ3n) is 3.82. The molecule has 1 aromatic rings. The van der Waals surface area contributed by atoms with E-state index in [1.165, 1.54) is 0 Å². The highest BCUT2D eigenvalue weighted by Crippen LogP contribution is 2.08. The van der Waals surface area contributed by atoms with Gasteiger partial charge >= 0.3 is 0 Å². The zero-order valence-electron chi connectivity index (χ0n) is 13.0. The number of piperazine rings is 1. The maximum Gasteiger partial charge on any atom is 0.249 e. The SMILES string of the molecule is CCc1nnc(NC(=O)C(C)N2CCNCC2)nc1CC. The van der Waals surface area contributed by atoms with Gasteiger partial charge in [-0.2, -0.15) is 0 Å². The van der Waals surface area contributed by atoms with E-state index < -0.39 is 0 Å². The molecule has 0 spiro atoms. The van der Waals surface area contributed by atoms with Gasteiger partial charge in [0.05, 0.1) is 17.4 Å². The molecule has 2 N–H and O–H groups in total. The van der Waals surface area contributed by atoms with Gasteiger partial charge in [-0.25, -0.2) is 4.98 Å². The molecule has 0 saturated carbocycles. The van der Waals surface area contributed by atoms with Crippen molar-refractivity contribution < 1.29 is 4.79 Å². The number of nitrogens with zero attached hydrogens (tertiary/aromatic N) is 4. The summed E-state index contributed by atoms with van der Waals surface area (Å²) in [5, 5.41) is 14.2. The molecule has 0 bridgehead atoms. The van der Waals surface area contributed by atoms with Gasteiger partial charge in [0.15, 0.2) is 0 Å². The number of hydrogen-bond donors (Lipinski definition) is 2. The Morgan fingerprint density at radius 1 is 1.24 bits per heavy atom. The van der Waals surface area contributed by atoms with Crippen molar-refractivity contribution in [3.05, 3.63) is 11.4 Å². The van der Waals surface area contributed by atoms with Gasteiger partial charge in [-0.1, -0.05) is 13.8 Å². The van der Waals surface area contributed by atoms with Crippen molar-refractivity contribution in [1.82, 2.24) is 25.4 Å². The van der Waals surface area contributed by atoms with Gasteiger partial charge in [-0.05, 0) is 19.8 Å². The molecular weight excluding hydrogens is 268 g/mol. The molecule has 7 heteroatoms. The summed E-state index contributed by atoms with van der Waals surface area (Å²) < 4.78 is 0. The van der Waals surface area contributed by atoms with Crippen molar-refractivity contribution in [3.8, 4) is 0 Å². The monoisotopic (exact) mass is 292 g/mol. The Kier molecular flexibility index (Phi) is 5.58. The van der Waals surface area contributed by atoms with Gasteiger partial charge < -0.3 is 5.32 Å². The van der Waals surface area contributed by atoms with Crippen LogP contribution >= 0.6 is 0 Å². The molecule has 0 aromatic carbocycles. The number of aryl methyl sites for hydroxylation is 2. The molecule has 1 unspecified atom stereocenters. The second-order valence-corrected chi connectivity index (χ2v) is 5.19. The van der Waals surface area contributed by atoms with Gasteiger partial charge in [0.1, 0.15) is 0 Å². The number of anilines is 1. The molecule has 1 saturated heterocycles. The molecule has 1 fully saturated rings. The Bertz CT molecular complexity index is 486. The van der Waals surface area contributed by atoms with Gasteiger partial charge in [-0.3, -0.25) is 15.0 Å². The normalized spacial score (nSPS) is 17.5. The van der Waals surface area contributed by atoms with Gasteiger partial charge in [0.25, 0.3) is 0 Å². The van der Waals surface area contributed by atoms with Crippen LogP contribution in [0.2, 0.25) is 0 Å². The molecule has 21 heavy (non-hydrogen) atoms. The number of aromatic nitrogens is 3. The standard InChI is InChI=1S/C14H24N6O/c1-4-11-12(5-2)18-19-14(16-11)17-13(21)10(3)20-8-6-15-7-9-20/h10,15H,4-9H2,1-3H3,(H,16,17,19,21). The van der Waals surface area contributed by atoms with Crippen LogP contribution in [0.1, 0.15) is 32.2 Å². The maximum atomic E-state index is 12.3. The predicted octanol–water partition coefficient (Wildman–Crippen LogP) is 0.229. The Labute approximate surface area is 125 Å². The lowest BCUT2D eigenvalue weighted by molar-refractivity contribution is -0.121. The summed E-state index contributed by atoms with van der Waals surface area (Å²) in [6.45, 7) is 9.55. The summed E-state index contributed by atoms with van der Waals surface area (Å²) in [6.07, 6.45) is 1.59. The van der Waals surface area contributed by atoms with Crippen molar-refractivity contribution in [2.24, 2.45) is 0 Å². The van der Waals surface area contributed by atoms with Crippen molar-refractivity contribution in [1.29, 1.82) is 0 Å². The molecule has 116 valence electrons. The highest BCUT2D eigenvalue weighted by atomic mass is 16.2. The van der Waals surface area contributed by atoms with E-state index in [0.717, 1.165) is 50.4 Å². The van der Waals surface area contributed by atoms with Gasteiger partial charge in [-0.15, -0.1) is 10.2 Å². The molecule has 1 aliphatic heterocycles. The van der Waals surface area contributed by atoms with Crippen LogP contribution in [0, 0.1) is 0 Å². The van der Waals surface area contributed by atoms with Crippen molar-refractivity contribution >= 4 is 11.9 Å². The molecule has 2 rings (SSSR count). The highest BCUT2D eigenvalue weighted by molar-refractivity contribution is 5.93. The summed E-state index contributed by atoms with van der Waals surface area (Å²) in [7, 11) is 0. The van der Waals surface area contributed by atoms with Crippen LogP contribution in [-0.4, -0.2) is 58.2 Å². The topological polar surface area (TPSA) is 83.0 Å². The summed E-state index contributed by atoms with van der Waals surface area (Å²) in [5.41, 5.74) is 1.79.